The number of fused-ring (bicyclic) bond motifs is 1. The highest BCUT2D eigenvalue weighted by Gasteiger charge is 2.20. The van der Waals surface area contributed by atoms with Crippen LogP contribution in [0.3, 0.4) is 0 Å². The van der Waals surface area contributed by atoms with Gasteiger partial charge < -0.3 is 15.4 Å². The molecule has 1 aliphatic rings. The fourth-order valence-electron chi connectivity index (χ4n) is 5.93. The first-order chi connectivity index (χ1) is 23.5. The number of pyridine rings is 1. The molecule has 0 radical (unpaired) electrons. The van der Waals surface area contributed by atoms with Crippen molar-refractivity contribution in [3.05, 3.63) is 126 Å². The number of carbonyl (C=O) groups excluding carboxylic acids is 1. The molecule has 0 saturated carbocycles. The minimum Gasteiger partial charge on any atom is -0.379 e. The predicted octanol–water partition coefficient (Wildman–Crippen LogP) is 7.00. The van der Waals surface area contributed by atoms with Gasteiger partial charge in [-0.25, -0.2) is 23.3 Å². The number of nitrogens with zero attached hydrogens (tertiary/aromatic N) is 5. The lowest BCUT2D eigenvalue weighted by molar-refractivity contribution is 0.0374. The van der Waals surface area contributed by atoms with Crippen LogP contribution < -0.4 is 10.6 Å². The molecule has 0 atom stereocenters. The lowest BCUT2D eigenvalue weighted by Crippen LogP contribution is -2.36. The van der Waals surface area contributed by atoms with Crippen LogP contribution in [0, 0.1) is 11.6 Å². The highest BCUT2D eigenvalue weighted by Crippen LogP contribution is 2.35. The second-order valence-corrected chi connectivity index (χ2v) is 11.5. The van der Waals surface area contributed by atoms with E-state index in [-0.39, 0.29) is 0 Å². The van der Waals surface area contributed by atoms with Crippen molar-refractivity contribution in [3.8, 4) is 22.5 Å². The third-order valence-corrected chi connectivity index (χ3v) is 8.26. The van der Waals surface area contributed by atoms with E-state index in [0.29, 0.717) is 28.6 Å². The molecule has 0 bridgehead atoms. The Balaban J connectivity index is 1.14. The number of aryl methyl sites for hydroxylation is 1. The molecule has 9 nitrogen and oxygen atoms in total. The number of rotatable bonds is 10. The van der Waals surface area contributed by atoms with Gasteiger partial charge in [0.15, 0.2) is 0 Å². The fourth-order valence-corrected chi connectivity index (χ4v) is 5.93. The molecule has 3 aromatic carbocycles. The Kier molecular flexibility index (Phi) is 9.12. The molecule has 3 aromatic heterocycles. The summed E-state index contributed by atoms with van der Waals surface area (Å²) < 4.78 is 35.8. The smallest absolute Gasteiger partial charge is 0.261 e. The van der Waals surface area contributed by atoms with Gasteiger partial charge in [-0.3, -0.25) is 9.69 Å². The van der Waals surface area contributed by atoms with Crippen molar-refractivity contribution in [3.63, 3.8) is 0 Å². The minimum atomic E-state index is -0.935. The van der Waals surface area contributed by atoms with E-state index < -0.39 is 23.1 Å². The van der Waals surface area contributed by atoms with E-state index in [9.17, 15) is 13.6 Å². The quantitative estimate of drug-likeness (QED) is 0.166. The third-order valence-electron chi connectivity index (χ3n) is 8.26. The van der Waals surface area contributed by atoms with E-state index in [1.165, 1.54) is 11.6 Å². The molecule has 2 N–H and O–H groups in total. The number of hydrogen-bond acceptors (Lipinski definition) is 7. The van der Waals surface area contributed by atoms with E-state index in [2.05, 4.69) is 32.7 Å². The van der Waals surface area contributed by atoms with E-state index in [4.69, 9.17) is 14.8 Å². The molecule has 48 heavy (non-hydrogen) atoms. The van der Waals surface area contributed by atoms with Crippen LogP contribution in [0.2, 0.25) is 0 Å². The van der Waals surface area contributed by atoms with Gasteiger partial charge in [0.2, 0.25) is 5.95 Å². The largest absolute Gasteiger partial charge is 0.379 e. The van der Waals surface area contributed by atoms with Crippen molar-refractivity contribution in [2.75, 3.05) is 43.5 Å². The first-order valence-corrected chi connectivity index (χ1v) is 15.8. The number of carbonyl (C=O) groups is 1. The average Bonchev–Trinajstić information content (AvgIpc) is 3.49. The molecule has 1 saturated heterocycles. The zero-order valence-electron chi connectivity index (χ0n) is 26.1. The maximum absolute atomic E-state index is 14.3. The number of nitrogens with one attached hydrogen (secondary N) is 2. The molecule has 11 heteroatoms. The molecule has 4 heterocycles. The van der Waals surface area contributed by atoms with Crippen LogP contribution in [0.4, 0.5) is 26.1 Å². The summed E-state index contributed by atoms with van der Waals surface area (Å²) in [4.78, 5) is 24.6. The summed E-state index contributed by atoms with van der Waals surface area (Å²) in [5, 5.41) is 10.8. The van der Waals surface area contributed by atoms with Crippen LogP contribution in [-0.4, -0.2) is 63.2 Å². The number of halogens is 2. The second kappa shape index (κ2) is 14.1. The van der Waals surface area contributed by atoms with E-state index in [0.717, 1.165) is 74.6 Å². The van der Waals surface area contributed by atoms with Gasteiger partial charge in [-0.15, -0.1) is 0 Å². The summed E-state index contributed by atoms with van der Waals surface area (Å²) in [5.41, 5.74) is 5.37. The Labute approximate surface area is 276 Å². The zero-order valence-corrected chi connectivity index (χ0v) is 26.1. The Hall–Kier alpha value is -5.52. The van der Waals surface area contributed by atoms with Gasteiger partial charge in [-0.2, -0.15) is 5.10 Å². The van der Waals surface area contributed by atoms with Gasteiger partial charge in [0.25, 0.3) is 5.91 Å². The first-order valence-electron chi connectivity index (χ1n) is 15.8. The second-order valence-electron chi connectivity index (χ2n) is 11.5. The number of benzene rings is 3. The van der Waals surface area contributed by atoms with Gasteiger partial charge in [0, 0.05) is 42.4 Å². The molecule has 6 aromatic rings. The molecule has 1 aliphatic heterocycles. The van der Waals surface area contributed by atoms with Crippen molar-refractivity contribution in [1.29, 1.82) is 0 Å². The van der Waals surface area contributed by atoms with E-state index in [1.54, 1.807) is 28.9 Å². The summed E-state index contributed by atoms with van der Waals surface area (Å²) in [6.07, 6.45) is 5.58. The molecule has 242 valence electrons. The summed E-state index contributed by atoms with van der Waals surface area (Å²) >= 11 is 0. The fraction of sp³-hybridized carbons (Fsp3) is 0.189. The van der Waals surface area contributed by atoms with Crippen molar-refractivity contribution < 1.29 is 18.3 Å². The van der Waals surface area contributed by atoms with Crippen LogP contribution in [0.15, 0.2) is 103 Å². The lowest BCUT2D eigenvalue weighted by Gasteiger charge is -2.26. The standard InChI is InChI=1S/C37H33F2N7O2/c38-29-12-5-13-30(39)33(29)36(47)41-28-11-4-9-26(24-28)35-34(32-14-1-2-18-46(32)44-35)31-15-16-40-37(43-31)42-27-10-3-7-25(23-27)8-6-17-45-19-21-48-22-20-45/h1-5,7,9-16,18,23-24H,6,8,17,19-22H2,(H,41,47)(H,40,42,43). The van der Waals surface area contributed by atoms with Crippen molar-refractivity contribution >= 4 is 28.7 Å². The summed E-state index contributed by atoms with van der Waals surface area (Å²) in [6.45, 7) is 4.64. The number of morpholine rings is 1. The molecule has 1 amide bonds. The first kappa shape index (κ1) is 31.1. The van der Waals surface area contributed by atoms with Crippen LogP contribution in [0.1, 0.15) is 22.3 Å². The van der Waals surface area contributed by atoms with Crippen LogP contribution in [-0.2, 0) is 11.2 Å². The van der Waals surface area contributed by atoms with Gasteiger partial charge >= 0.3 is 0 Å². The molecule has 7 rings (SSSR count). The lowest BCUT2D eigenvalue weighted by atomic mass is 10.0. The van der Waals surface area contributed by atoms with Gasteiger partial charge in [-0.05, 0) is 79.5 Å². The van der Waals surface area contributed by atoms with Crippen LogP contribution in [0.25, 0.3) is 28.0 Å². The van der Waals surface area contributed by atoms with Crippen molar-refractivity contribution in [2.24, 2.45) is 0 Å². The van der Waals surface area contributed by atoms with Gasteiger partial charge in [-0.1, -0.05) is 36.4 Å². The molecule has 1 fully saturated rings. The number of anilines is 3. The maximum Gasteiger partial charge on any atom is 0.261 e. The van der Waals surface area contributed by atoms with E-state index in [1.807, 2.05) is 48.7 Å². The minimum absolute atomic E-state index is 0.359. The Morgan fingerprint density at radius 3 is 2.52 bits per heavy atom. The Morgan fingerprint density at radius 2 is 1.67 bits per heavy atom. The summed E-state index contributed by atoms with van der Waals surface area (Å²) in [7, 11) is 0. The molecule has 0 unspecified atom stereocenters. The maximum atomic E-state index is 14.3. The number of amides is 1. The van der Waals surface area contributed by atoms with Gasteiger partial charge in [0.1, 0.15) is 22.9 Å². The third kappa shape index (κ3) is 6.92. The number of ether oxygens (including phenoxy) is 1. The van der Waals surface area contributed by atoms with E-state index >= 15 is 0 Å². The normalized spacial score (nSPS) is 13.5. The average molecular weight is 646 g/mol. The van der Waals surface area contributed by atoms with Crippen LogP contribution in [0.5, 0.6) is 0 Å². The summed E-state index contributed by atoms with van der Waals surface area (Å²) in [5.74, 6) is -2.32. The summed E-state index contributed by atoms with van der Waals surface area (Å²) in [6, 6.07) is 26.2. The Morgan fingerprint density at radius 1 is 0.875 bits per heavy atom. The topological polar surface area (TPSA) is 96.7 Å². The predicted molar refractivity (Wildman–Crippen MR) is 181 cm³/mol. The molecule has 0 spiro atoms. The number of aromatic nitrogens is 4. The van der Waals surface area contributed by atoms with Gasteiger partial charge in [0.05, 0.1) is 30.0 Å². The number of hydrogen-bond donors (Lipinski definition) is 2. The molecular formula is C37H33F2N7O2. The monoisotopic (exact) mass is 645 g/mol. The molecular weight excluding hydrogens is 612 g/mol. The SMILES string of the molecule is O=C(Nc1cccc(-c2nn3ccccc3c2-c2ccnc(Nc3cccc(CCCN4CCOCC4)c3)n2)c1)c1c(F)cccc1F. The zero-order chi connectivity index (χ0) is 32.9. The highest BCUT2D eigenvalue weighted by molar-refractivity contribution is 6.05. The Bertz CT molecular complexity index is 2060. The van der Waals surface area contributed by atoms with Crippen molar-refractivity contribution in [1.82, 2.24) is 24.5 Å². The molecule has 0 aliphatic carbocycles. The van der Waals surface area contributed by atoms with Crippen LogP contribution >= 0.6 is 0 Å². The highest BCUT2D eigenvalue weighted by atomic mass is 19.1. The van der Waals surface area contributed by atoms with Crippen molar-refractivity contribution in [2.45, 2.75) is 12.8 Å².